The van der Waals surface area contributed by atoms with Crippen LogP contribution in [0.5, 0.6) is 11.5 Å². The second-order valence-corrected chi connectivity index (χ2v) is 10.7. The molecular weight excluding hydrogens is 525 g/mol. The lowest BCUT2D eigenvalue weighted by molar-refractivity contribution is -0.137. The number of fused-ring (bicyclic) bond motifs is 1. The van der Waals surface area contributed by atoms with Gasteiger partial charge in [0.1, 0.15) is 31.2 Å². The molecule has 206 valence electrons. The van der Waals surface area contributed by atoms with Crippen molar-refractivity contribution in [2.24, 2.45) is 5.92 Å². The quantitative estimate of drug-likeness (QED) is 0.368. The van der Waals surface area contributed by atoms with Gasteiger partial charge in [-0.2, -0.15) is 0 Å². The van der Waals surface area contributed by atoms with Crippen LogP contribution in [0.25, 0.3) is 10.9 Å². The number of anilines is 2. The van der Waals surface area contributed by atoms with Crippen molar-refractivity contribution in [2.45, 2.75) is 25.3 Å². The van der Waals surface area contributed by atoms with Gasteiger partial charge in [-0.15, -0.1) is 0 Å². The first kappa shape index (κ1) is 26.0. The molecule has 0 bridgehead atoms. The SMILES string of the molecule is O=C1CC(N2CCN(CCOc3cc4ncnc(Nc5ccc(F)c(Cl)c5)c4cc3OCC3CC3)CC2)CO1. The van der Waals surface area contributed by atoms with Crippen LogP contribution in [0.1, 0.15) is 19.3 Å². The molecule has 0 spiro atoms. The minimum atomic E-state index is -0.478. The zero-order valence-electron chi connectivity index (χ0n) is 21.6. The molecule has 1 N–H and O–H groups in total. The average Bonchev–Trinajstić information content (AvgIpc) is 3.67. The predicted octanol–water partition coefficient (Wildman–Crippen LogP) is 4.27. The maximum atomic E-state index is 13.6. The summed E-state index contributed by atoms with van der Waals surface area (Å²) in [4.78, 5) is 25.0. The van der Waals surface area contributed by atoms with Gasteiger partial charge >= 0.3 is 5.97 Å². The molecule has 1 aliphatic carbocycles. The predicted molar refractivity (Wildman–Crippen MR) is 145 cm³/mol. The lowest BCUT2D eigenvalue weighted by atomic mass is 10.2. The van der Waals surface area contributed by atoms with E-state index in [2.05, 4.69) is 25.1 Å². The molecule has 2 saturated heterocycles. The van der Waals surface area contributed by atoms with E-state index < -0.39 is 5.82 Å². The van der Waals surface area contributed by atoms with Crippen LogP contribution in [0.4, 0.5) is 15.9 Å². The van der Waals surface area contributed by atoms with Crippen LogP contribution in [-0.2, 0) is 9.53 Å². The molecule has 39 heavy (non-hydrogen) atoms. The van der Waals surface area contributed by atoms with Gasteiger partial charge in [-0.1, -0.05) is 11.6 Å². The number of piperazine rings is 1. The Labute approximate surface area is 231 Å². The van der Waals surface area contributed by atoms with Gasteiger partial charge in [0, 0.05) is 49.9 Å². The van der Waals surface area contributed by atoms with Crippen LogP contribution in [0.15, 0.2) is 36.7 Å². The Morgan fingerprint density at radius 1 is 1.08 bits per heavy atom. The van der Waals surface area contributed by atoms with E-state index in [1.807, 2.05) is 12.1 Å². The highest BCUT2D eigenvalue weighted by Gasteiger charge is 2.31. The number of carbonyl (C=O) groups excluding carboxylic acids is 1. The summed E-state index contributed by atoms with van der Waals surface area (Å²) in [6, 6.07) is 8.45. The number of esters is 1. The highest BCUT2D eigenvalue weighted by Crippen LogP contribution is 2.37. The van der Waals surface area contributed by atoms with Gasteiger partial charge in [0.2, 0.25) is 0 Å². The lowest BCUT2D eigenvalue weighted by Gasteiger charge is -2.36. The van der Waals surface area contributed by atoms with E-state index in [1.165, 1.54) is 31.3 Å². The Hall–Kier alpha value is -3.21. The first-order valence-corrected chi connectivity index (χ1v) is 13.8. The van der Waals surface area contributed by atoms with Gasteiger partial charge in [0.25, 0.3) is 0 Å². The molecule has 6 rings (SSSR count). The number of hydrogen-bond acceptors (Lipinski definition) is 9. The van der Waals surface area contributed by atoms with E-state index in [0.717, 1.165) is 38.1 Å². The Morgan fingerprint density at radius 3 is 2.64 bits per heavy atom. The Kier molecular flexibility index (Phi) is 7.67. The van der Waals surface area contributed by atoms with Crippen molar-refractivity contribution >= 4 is 40.0 Å². The Balaban J connectivity index is 1.13. The van der Waals surface area contributed by atoms with E-state index in [-0.39, 0.29) is 17.0 Å². The molecule has 3 fully saturated rings. The van der Waals surface area contributed by atoms with E-state index in [0.29, 0.717) is 60.7 Å². The van der Waals surface area contributed by atoms with Crippen LogP contribution in [0, 0.1) is 11.7 Å². The van der Waals surface area contributed by atoms with Gasteiger partial charge in [-0.25, -0.2) is 14.4 Å². The summed E-state index contributed by atoms with van der Waals surface area (Å²) in [6.45, 7) is 6.13. The van der Waals surface area contributed by atoms with Crippen LogP contribution < -0.4 is 14.8 Å². The fourth-order valence-corrected chi connectivity index (χ4v) is 5.14. The van der Waals surface area contributed by atoms with E-state index in [1.54, 1.807) is 6.07 Å². The zero-order valence-corrected chi connectivity index (χ0v) is 22.3. The van der Waals surface area contributed by atoms with Gasteiger partial charge < -0.3 is 19.5 Å². The number of rotatable bonds is 10. The number of ether oxygens (including phenoxy) is 3. The molecule has 3 heterocycles. The van der Waals surface area contributed by atoms with Crippen molar-refractivity contribution < 1.29 is 23.4 Å². The fraction of sp³-hybridized carbons (Fsp3) is 0.464. The highest BCUT2D eigenvalue weighted by atomic mass is 35.5. The number of halogens is 2. The van der Waals surface area contributed by atoms with Gasteiger partial charge in [0.05, 0.1) is 29.6 Å². The fourth-order valence-electron chi connectivity index (χ4n) is 4.96. The van der Waals surface area contributed by atoms with Crippen molar-refractivity contribution in [1.29, 1.82) is 0 Å². The van der Waals surface area contributed by atoms with Crippen molar-refractivity contribution in [3.05, 3.63) is 47.5 Å². The summed E-state index contributed by atoms with van der Waals surface area (Å²) in [5, 5.41) is 4.01. The first-order chi connectivity index (χ1) is 19.0. The van der Waals surface area contributed by atoms with E-state index >= 15 is 0 Å². The number of nitrogens with one attached hydrogen (secondary N) is 1. The first-order valence-electron chi connectivity index (χ1n) is 13.4. The molecular formula is C28H31ClFN5O4. The molecule has 1 atom stereocenters. The smallest absolute Gasteiger partial charge is 0.307 e. The van der Waals surface area contributed by atoms with Crippen LogP contribution >= 0.6 is 11.6 Å². The second-order valence-electron chi connectivity index (χ2n) is 10.3. The van der Waals surface area contributed by atoms with Crippen LogP contribution in [0.3, 0.4) is 0 Å². The third-order valence-corrected chi connectivity index (χ3v) is 7.77. The average molecular weight is 556 g/mol. The summed E-state index contributed by atoms with van der Waals surface area (Å²) in [5.74, 6) is 1.88. The van der Waals surface area contributed by atoms with Gasteiger partial charge in [0.15, 0.2) is 11.5 Å². The number of benzene rings is 2. The van der Waals surface area contributed by atoms with Crippen molar-refractivity contribution in [1.82, 2.24) is 19.8 Å². The standard InChI is InChI=1S/C28H31ClFN5O4/c29-22-11-19(3-4-23(22)30)33-28-21-13-25(38-15-18-1-2-18)26(14-24(21)31-17-32-28)37-10-9-34-5-7-35(8-6-34)20-12-27(36)39-16-20/h3-4,11,13-14,17-18,20H,1-2,5-10,12,15-16H2,(H,31,32,33). The Bertz CT molecular complexity index is 1350. The lowest BCUT2D eigenvalue weighted by Crippen LogP contribution is -2.51. The monoisotopic (exact) mass is 555 g/mol. The summed E-state index contributed by atoms with van der Waals surface area (Å²) in [5.41, 5.74) is 1.32. The molecule has 1 saturated carbocycles. The Morgan fingerprint density at radius 2 is 1.90 bits per heavy atom. The zero-order chi connectivity index (χ0) is 26.8. The second kappa shape index (κ2) is 11.5. The van der Waals surface area contributed by atoms with Crippen molar-refractivity contribution in [2.75, 3.05) is 57.9 Å². The number of nitrogens with zero attached hydrogens (tertiary/aromatic N) is 4. The largest absolute Gasteiger partial charge is 0.489 e. The summed E-state index contributed by atoms with van der Waals surface area (Å²) >= 11 is 5.96. The minimum absolute atomic E-state index is 0.0339. The molecule has 0 amide bonds. The molecule has 0 radical (unpaired) electrons. The number of aromatic nitrogens is 2. The molecule has 2 aliphatic heterocycles. The maximum Gasteiger partial charge on any atom is 0.307 e. The molecule has 2 aromatic carbocycles. The maximum absolute atomic E-state index is 13.6. The third kappa shape index (κ3) is 6.34. The third-order valence-electron chi connectivity index (χ3n) is 7.48. The minimum Gasteiger partial charge on any atom is -0.489 e. The highest BCUT2D eigenvalue weighted by molar-refractivity contribution is 6.31. The number of carbonyl (C=O) groups is 1. The molecule has 3 aromatic rings. The normalized spacial score (nSPS) is 20.3. The molecule has 1 aromatic heterocycles. The van der Waals surface area contributed by atoms with Crippen LogP contribution in [-0.4, -0.2) is 84.3 Å². The van der Waals surface area contributed by atoms with E-state index in [4.69, 9.17) is 25.8 Å². The molecule has 3 aliphatic rings. The van der Waals surface area contributed by atoms with Crippen molar-refractivity contribution in [3.63, 3.8) is 0 Å². The van der Waals surface area contributed by atoms with Gasteiger partial charge in [-0.3, -0.25) is 14.6 Å². The molecule has 11 heteroatoms. The topological polar surface area (TPSA) is 89.1 Å². The summed E-state index contributed by atoms with van der Waals surface area (Å²) < 4.78 is 31.2. The number of hydrogen-bond donors (Lipinski definition) is 1. The summed E-state index contributed by atoms with van der Waals surface area (Å²) in [7, 11) is 0. The molecule has 1 unspecified atom stereocenters. The van der Waals surface area contributed by atoms with E-state index in [9.17, 15) is 9.18 Å². The number of cyclic esters (lactones) is 1. The summed E-state index contributed by atoms with van der Waals surface area (Å²) in [6.07, 6.45) is 4.33. The van der Waals surface area contributed by atoms with Gasteiger partial charge in [-0.05, 0) is 43.0 Å². The van der Waals surface area contributed by atoms with Crippen LogP contribution in [0.2, 0.25) is 5.02 Å². The van der Waals surface area contributed by atoms with Crippen molar-refractivity contribution in [3.8, 4) is 11.5 Å². The molecule has 9 nitrogen and oxygen atoms in total.